The van der Waals surface area contributed by atoms with Gasteiger partial charge >= 0.3 is 0 Å². The molecule has 1 aromatic heterocycles. The number of para-hydroxylation sites is 1. The standard InChI is InChI=1S/C19H21N3OS/c20-13-14-7-4-5-10-16(14)22-18(17-11-6-12-24-17)19(23)21-15-8-2-1-3-9-15/h4-7,10-12,15,18,22H,1-3,8-9H2,(H,21,23). The van der Waals surface area contributed by atoms with Crippen molar-refractivity contribution in [2.75, 3.05) is 5.32 Å². The Labute approximate surface area is 146 Å². The van der Waals surface area contributed by atoms with Crippen LogP contribution in [0.2, 0.25) is 0 Å². The number of nitriles is 1. The Morgan fingerprint density at radius 2 is 1.96 bits per heavy atom. The number of carbonyl (C=O) groups is 1. The summed E-state index contributed by atoms with van der Waals surface area (Å²) in [5, 5.41) is 17.7. The van der Waals surface area contributed by atoms with Crippen molar-refractivity contribution in [1.29, 1.82) is 5.26 Å². The van der Waals surface area contributed by atoms with Crippen molar-refractivity contribution in [2.45, 2.75) is 44.2 Å². The first-order valence-corrected chi connectivity index (χ1v) is 9.25. The molecule has 0 spiro atoms. The fourth-order valence-corrected chi connectivity index (χ4v) is 3.89. The van der Waals surface area contributed by atoms with Crippen molar-refractivity contribution in [1.82, 2.24) is 5.32 Å². The largest absolute Gasteiger partial charge is 0.368 e. The summed E-state index contributed by atoms with van der Waals surface area (Å²) in [7, 11) is 0. The molecule has 4 nitrogen and oxygen atoms in total. The highest BCUT2D eigenvalue weighted by atomic mass is 32.1. The molecule has 1 fully saturated rings. The predicted octanol–water partition coefficient (Wildman–Crippen LogP) is 4.22. The Morgan fingerprint density at radius 1 is 1.17 bits per heavy atom. The van der Waals surface area contributed by atoms with Gasteiger partial charge in [0.2, 0.25) is 5.91 Å². The van der Waals surface area contributed by atoms with Crippen LogP contribution in [0, 0.1) is 11.3 Å². The molecule has 1 aliphatic rings. The lowest BCUT2D eigenvalue weighted by molar-refractivity contribution is -0.122. The van der Waals surface area contributed by atoms with Gasteiger partial charge in [-0.05, 0) is 36.4 Å². The van der Waals surface area contributed by atoms with Crippen molar-refractivity contribution >= 4 is 22.9 Å². The van der Waals surface area contributed by atoms with Gasteiger partial charge in [0.25, 0.3) is 0 Å². The number of amides is 1. The van der Waals surface area contributed by atoms with Gasteiger partial charge in [0.15, 0.2) is 0 Å². The molecule has 3 rings (SSSR count). The average Bonchev–Trinajstić information content (AvgIpc) is 3.15. The topological polar surface area (TPSA) is 64.9 Å². The summed E-state index contributed by atoms with van der Waals surface area (Å²) < 4.78 is 0. The van der Waals surface area contributed by atoms with Gasteiger partial charge in [-0.15, -0.1) is 11.3 Å². The first kappa shape index (κ1) is 16.5. The number of nitrogens with zero attached hydrogens (tertiary/aromatic N) is 1. The van der Waals surface area contributed by atoms with Crippen molar-refractivity contribution < 1.29 is 4.79 Å². The molecule has 1 unspecified atom stereocenters. The van der Waals surface area contributed by atoms with Crippen LogP contribution in [-0.4, -0.2) is 11.9 Å². The van der Waals surface area contributed by atoms with Crippen molar-refractivity contribution in [3.05, 3.63) is 52.2 Å². The molecular weight excluding hydrogens is 318 g/mol. The SMILES string of the molecule is N#Cc1ccccc1NC(C(=O)NC1CCCCC1)c1cccs1. The van der Waals surface area contributed by atoms with Gasteiger partial charge in [-0.2, -0.15) is 5.26 Å². The van der Waals surface area contributed by atoms with E-state index in [9.17, 15) is 10.1 Å². The van der Waals surface area contributed by atoms with E-state index in [2.05, 4.69) is 16.7 Å². The minimum absolute atomic E-state index is 0.0166. The zero-order valence-electron chi connectivity index (χ0n) is 13.5. The van der Waals surface area contributed by atoms with E-state index < -0.39 is 6.04 Å². The lowest BCUT2D eigenvalue weighted by Crippen LogP contribution is -2.41. The number of thiophene rings is 1. The summed E-state index contributed by atoms with van der Waals surface area (Å²) in [5.41, 5.74) is 1.24. The molecule has 0 saturated heterocycles. The van der Waals surface area contributed by atoms with E-state index in [1.807, 2.05) is 35.7 Å². The zero-order valence-corrected chi connectivity index (χ0v) is 14.3. The molecule has 1 saturated carbocycles. The second-order valence-electron chi connectivity index (χ2n) is 6.09. The van der Waals surface area contributed by atoms with Crippen molar-refractivity contribution in [2.24, 2.45) is 0 Å². The number of hydrogen-bond acceptors (Lipinski definition) is 4. The summed E-state index contributed by atoms with van der Waals surface area (Å²) in [6.07, 6.45) is 5.72. The van der Waals surface area contributed by atoms with Crippen LogP contribution in [-0.2, 0) is 4.79 Å². The summed E-state index contributed by atoms with van der Waals surface area (Å²) in [6, 6.07) is 13.2. The first-order chi connectivity index (χ1) is 11.8. The zero-order chi connectivity index (χ0) is 16.8. The van der Waals surface area contributed by atoms with Gasteiger partial charge in [0, 0.05) is 10.9 Å². The number of rotatable bonds is 5. The minimum atomic E-state index is -0.471. The van der Waals surface area contributed by atoms with Crippen LogP contribution in [0.25, 0.3) is 0 Å². The highest BCUT2D eigenvalue weighted by Gasteiger charge is 2.25. The summed E-state index contributed by atoms with van der Waals surface area (Å²) in [6.45, 7) is 0. The molecule has 0 radical (unpaired) electrons. The maximum atomic E-state index is 12.9. The normalized spacial score (nSPS) is 16.1. The Morgan fingerprint density at radius 3 is 2.67 bits per heavy atom. The first-order valence-electron chi connectivity index (χ1n) is 8.37. The van der Waals surface area contributed by atoms with Gasteiger partial charge < -0.3 is 10.6 Å². The average molecular weight is 339 g/mol. The smallest absolute Gasteiger partial charge is 0.248 e. The second kappa shape index (κ2) is 7.98. The number of benzene rings is 1. The molecule has 124 valence electrons. The highest BCUT2D eigenvalue weighted by Crippen LogP contribution is 2.27. The van der Waals surface area contributed by atoms with Crippen LogP contribution >= 0.6 is 11.3 Å². The summed E-state index contributed by atoms with van der Waals surface area (Å²) in [4.78, 5) is 13.8. The molecular formula is C19H21N3OS. The molecule has 1 aromatic carbocycles. The van der Waals surface area contributed by atoms with E-state index in [0.717, 1.165) is 17.7 Å². The van der Waals surface area contributed by atoms with Gasteiger partial charge in [0.05, 0.1) is 11.3 Å². The molecule has 24 heavy (non-hydrogen) atoms. The van der Waals surface area contributed by atoms with Crippen LogP contribution in [0.15, 0.2) is 41.8 Å². The summed E-state index contributed by atoms with van der Waals surface area (Å²) in [5.74, 6) is -0.0166. The number of carbonyl (C=O) groups excluding carboxylic acids is 1. The molecule has 0 aliphatic heterocycles. The van der Waals surface area contributed by atoms with Gasteiger partial charge in [-0.25, -0.2) is 0 Å². The Balaban J connectivity index is 1.79. The highest BCUT2D eigenvalue weighted by molar-refractivity contribution is 7.10. The predicted molar refractivity (Wildman–Crippen MR) is 96.9 cm³/mol. The third kappa shape index (κ3) is 3.95. The van der Waals surface area contributed by atoms with Gasteiger partial charge in [-0.3, -0.25) is 4.79 Å². The van der Waals surface area contributed by atoms with Crippen LogP contribution in [0.5, 0.6) is 0 Å². The van der Waals surface area contributed by atoms with E-state index in [1.165, 1.54) is 19.3 Å². The van der Waals surface area contributed by atoms with Crippen molar-refractivity contribution in [3.63, 3.8) is 0 Å². The lowest BCUT2D eigenvalue weighted by Gasteiger charge is -2.26. The summed E-state index contributed by atoms with van der Waals surface area (Å²) >= 11 is 1.55. The molecule has 1 atom stereocenters. The Hall–Kier alpha value is -2.32. The van der Waals surface area contributed by atoms with E-state index in [4.69, 9.17) is 0 Å². The third-order valence-electron chi connectivity index (χ3n) is 4.39. The maximum absolute atomic E-state index is 12.9. The van der Waals surface area contributed by atoms with Crippen molar-refractivity contribution in [3.8, 4) is 6.07 Å². The lowest BCUT2D eigenvalue weighted by atomic mass is 9.95. The van der Waals surface area contributed by atoms with Crippen LogP contribution < -0.4 is 10.6 Å². The van der Waals surface area contributed by atoms with E-state index in [1.54, 1.807) is 17.4 Å². The van der Waals surface area contributed by atoms with Crippen LogP contribution in [0.3, 0.4) is 0 Å². The molecule has 2 aromatic rings. The molecule has 1 heterocycles. The molecule has 1 aliphatic carbocycles. The minimum Gasteiger partial charge on any atom is -0.368 e. The van der Waals surface area contributed by atoms with Gasteiger partial charge in [-0.1, -0.05) is 37.5 Å². The molecule has 0 bridgehead atoms. The van der Waals surface area contributed by atoms with Gasteiger partial charge in [0.1, 0.15) is 12.1 Å². The fourth-order valence-electron chi connectivity index (χ4n) is 3.11. The van der Waals surface area contributed by atoms with Crippen LogP contribution in [0.1, 0.15) is 48.6 Å². The number of anilines is 1. The number of hydrogen-bond donors (Lipinski definition) is 2. The van der Waals surface area contributed by atoms with Crippen LogP contribution in [0.4, 0.5) is 5.69 Å². The monoisotopic (exact) mass is 339 g/mol. The van der Waals surface area contributed by atoms with E-state index >= 15 is 0 Å². The third-order valence-corrected chi connectivity index (χ3v) is 5.33. The Kier molecular flexibility index (Phi) is 5.50. The van der Waals surface area contributed by atoms with E-state index in [0.29, 0.717) is 11.3 Å². The number of nitrogens with one attached hydrogen (secondary N) is 2. The maximum Gasteiger partial charge on any atom is 0.248 e. The fraction of sp³-hybridized carbons (Fsp3) is 0.368. The Bertz CT molecular complexity index is 714. The molecule has 1 amide bonds. The second-order valence-corrected chi connectivity index (χ2v) is 7.07. The molecule has 2 N–H and O–H groups in total. The van der Waals surface area contributed by atoms with E-state index in [-0.39, 0.29) is 11.9 Å². The quantitative estimate of drug-likeness (QED) is 0.857. The molecule has 5 heteroatoms.